The molecule has 5 nitrogen and oxygen atoms in total. The van der Waals surface area contributed by atoms with Crippen LogP contribution in [-0.2, 0) is 4.79 Å². The first kappa shape index (κ1) is 21.7. The Morgan fingerprint density at radius 1 is 1.18 bits per heavy atom. The molecule has 0 radical (unpaired) electrons. The van der Waals surface area contributed by atoms with E-state index in [4.69, 9.17) is 0 Å². The molecule has 1 aliphatic rings. The molecule has 2 amide bonds. The van der Waals surface area contributed by atoms with Gasteiger partial charge < -0.3 is 15.1 Å². The lowest BCUT2D eigenvalue weighted by Gasteiger charge is -2.35. The fourth-order valence-electron chi connectivity index (χ4n) is 3.83. The lowest BCUT2D eigenvalue weighted by atomic mass is 9.91. The van der Waals surface area contributed by atoms with Gasteiger partial charge in [-0.25, -0.2) is 0 Å². The highest BCUT2D eigenvalue weighted by Gasteiger charge is 2.26. The maximum absolute atomic E-state index is 13.0. The smallest absolute Gasteiger partial charge is 0.253 e. The van der Waals surface area contributed by atoms with Crippen LogP contribution in [-0.4, -0.2) is 54.3 Å². The summed E-state index contributed by atoms with van der Waals surface area (Å²) in [5.74, 6) is 1.07. The van der Waals surface area contributed by atoms with Gasteiger partial charge in [0.2, 0.25) is 5.91 Å². The molecular weight excluding hydrogens is 350 g/mol. The van der Waals surface area contributed by atoms with Gasteiger partial charge in [0.15, 0.2) is 0 Å². The van der Waals surface area contributed by atoms with Gasteiger partial charge in [0.1, 0.15) is 0 Å². The number of carbonyl (C=O) groups is 2. The molecule has 1 aromatic rings. The molecule has 1 aliphatic heterocycles. The summed E-state index contributed by atoms with van der Waals surface area (Å²) in [5, 5.41) is 3.20. The van der Waals surface area contributed by atoms with Crippen LogP contribution in [0.1, 0.15) is 36.2 Å². The Labute approximate surface area is 169 Å². The molecule has 1 heterocycles. The Bertz CT molecular complexity index is 709. The van der Waals surface area contributed by atoms with Crippen LogP contribution in [0.5, 0.6) is 0 Å². The summed E-state index contributed by atoms with van der Waals surface area (Å²) >= 11 is 0. The van der Waals surface area contributed by atoms with Crippen molar-refractivity contribution < 1.29 is 9.59 Å². The van der Waals surface area contributed by atoms with Gasteiger partial charge in [0.05, 0.1) is 6.54 Å². The van der Waals surface area contributed by atoms with Crippen LogP contribution >= 0.6 is 0 Å². The van der Waals surface area contributed by atoms with E-state index in [1.54, 1.807) is 17.1 Å². The zero-order chi connectivity index (χ0) is 20.7. The third kappa shape index (κ3) is 5.72. The zero-order valence-corrected chi connectivity index (χ0v) is 17.4. The van der Waals surface area contributed by atoms with Gasteiger partial charge in [0.25, 0.3) is 5.91 Å². The third-order valence-electron chi connectivity index (χ3n) is 5.12. The molecule has 0 aliphatic carbocycles. The number of carbonyl (C=O) groups excluding carboxylic acids is 2. The summed E-state index contributed by atoms with van der Waals surface area (Å²) in [7, 11) is 0. The molecule has 1 saturated heterocycles. The van der Waals surface area contributed by atoms with Crippen LogP contribution in [0.4, 0.5) is 5.69 Å². The second-order valence-electron chi connectivity index (χ2n) is 7.92. The average molecular weight is 384 g/mol. The Morgan fingerprint density at radius 2 is 1.79 bits per heavy atom. The number of anilines is 1. The molecule has 0 bridgehead atoms. The molecular formula is C23H33N3O2. The number of nitrogens with one attached hydrogen (secondary N) is 1. The summed E-state index contributed by atoms with van der Waals surface area (Å²) in [6.45, 7) is 16.5. The van der Waals surface area contributed by atoms with Gasteiger partial charge >= 0.3 is 0 Å². The lowest BCUT2D eigenvalue weighted by Crippen LogP contribution is -2.42. The molecule has 2 unspecified atom stereocenters. The SMILES string of the molecule is C=CCN(CC=C)C(=O)CNc1cc(C(=O)N2CC(C)CC(C)C2)ccc1C. The van der Waals surface area contributed by atoms with Gasteiger partial charge in [-0.2, -0.15) is 0 Å². The number of benzene rings is 1. The van der Waals surface area contributed by atoms with Crippen LogP contribution in [0.15, 0.2) is 43.5 Å². The Hall–Kier alpha value is -2.56. The van der Waals surface area contributed by atoms with E-state index in [2.05, 4.69) is 32.3 Å². The Morgan fingerprint density at radius 3 is 2.36 bits per heavy atom. The van der Waals surface area contributed by atoms with Gasteiger partial charge in [-0.05, 0) is 42.9 Å². The first-order valence-corrected chi connectivity index (χ1v) is 9.99. The summed E-state index contributed by atoms with van der Waals surface area (Å²) in [4.78, 5) is 29.0. The molecule has 2 rings (SSSR count). The van der Waals surface area contributed by atoms with Crippen LogP contribution in [0.3, 0.4) is 0 Å². The van der Waals surface area contributed by atoms with Crippen molar-refractivity contribution in [3.8, 4) is 0 Å². The molecule has 1 aromatic carbocycles. The Kier molecular flexibility index (Phi) is 7.85. The predicted molar refractivity (Wildman–Crippen MR) is 115 cm³/mol. The maximum atomic E-state index is 13.0. The minimum Gasteiger partial charge on any atom is -0.376 e. The topological polar surface area (TPSA) is 52.7 Å². The number of piperidine rings is 1. The summed E-state index contributed by atoms with van der Waals surface area (Å²) in [5.41, 5.74) is 2.48. The molecule has 1 fully saturated rings. The van der Waals surface area contributed by atoms with Crippen molar-refractivity contribution in [1.82, 2.24) is 9.80 Å². The normalized spacial score (nSPS) is 19.0. The first-order valence-electron chi connectivity index (χ1n) is 9.99. The summed E-state index contributed by atoms with van der Waals surface area (Å²) in [6.07, 6.45) is 4.57. The quantitative estimate of drug-likeness (QED) is 0.696. The fourth-order valence-corrected chi connectivity index (χ4v) is 3.83. The second-order valence-corrected chi connectivity index (χ2v) is 7.92. The number of amides is 2. The van der Waals surface area contributed by atoms with Crippen LogP contribution in [0.25, 0.3) is 0 Å². The minimum absolute atomic E-state index is 0.0328. The first-order chi connectivity index (χ1) is 13.3. The van der Waals surface area contributed by atoms with E-state index in [1.165, 1.54) is 6.42 Å². The number of likely N-dealkylation sites (tertiary alicyclic amines) is 1. The van der Waals surface area contributed by atoms with E-state index >= 15 is 0 Å². The van der Waals surface area contributed by atoms with Crippen molar-refractivity contribution in [3.05, 3.63) is 54.6 Å². The standard InChI is InChI=1S/C23H33N3O2/c1-6-10-25(11-7-2)22(27)14-24-21-13-20(9-8-19(21)5)23(28)26-15-17(3)12-18(4)16-26/h6-9,13,17-18,24H,1-2,10-12,14-16H2,3-5H3. The van der Waals surface area contributed by atoms with E-state index in [9.17, 15) is 9.59 Å². The number of nitrogens with zero attached hydrogens (tertiary/aromatic N) is 2. The highest BCUT2D eigenvalue weighted by atomic mass is 16.2. The number of hydrogen-bond donors (Lipinski definition) is 1. The van der Waals surface area contributed by atoms with Gasteiger partial charge in [0, 0.05) is 37.4 Å². The van der Waals surface area contributed by atoms with E-state index in [0.717, 1.165) is 24.3 Å². The van der Waals surface area contributed by atoms with Crippen molar-refractivity contribution in [2.45, 2.75) is 27.2 Å². The second kappa shape index (κ2) is 10.1. The van der Waals surface area contributed by atoms with Gasteiger partial charge in [-0.1, -0.05) is 32.1 Å². The number of hydrogen-bond acceptors (Lipinski definition) is 3. The predicted octanol–water partition coefficient (Wildman–Crippen LogP) is 3.73. The van der Waals surface area contributed by atoms with Crippen LogP contribution in [0.2, 0.25) is 0 Å². The fraction of sp³-hybridized carbons (Fsp3) is 0.478. The van der Waals surface area contributed by atoms with Crippen molar-refractivity contribution in [2.75, 3.05) is 38.0 Å². The highest BCUT2D eigenvalue weighted by Crippen LogP contribution is 2.24. The minimum atomic E-state index is -0.0328. The van der Waals surface area contributed by atoms with Crippen LogP contribution in [0, 0.1) is 18.8 Å². The third-order valence-corrected chi connectivity index (χ3v) is 5.12. The molecule has 5 heteroatoms. The number of aryl methyl sites for hydroxylation is 1. The van der Waals surface area contributed by atoms with Crippen LogP contribution < -0.4 is 5.32 Å². The molecule has 152 valence electrons. The van der Waals surface area contributed by atoms with Crippen molar-refractivity contribution in [3.63, 3.8) is 0 Å². The van der Waals surface area contributed by atoms with Crippen molar-refractivity contribution in [2.24, 2.45) is 11.8 Å². The van der Waals surface area contributed by atoms with E-state index in [-0.39, 0.29) is 18.4 Å². The molecule has 0 saturated carbocycles. The molecule has 2 atom stereocenters. The van der Waals surface area contributed by atoms with Crippen molar-refractivity contribution >= 4 is 17.5 Å². The molecule has 0 spiro atoms. The van der Waals surface area contributed by atoms with E-state index in [1.807, 2.05) is 30.0 Å². The van der Waals surface area contributed by atoms with Gasteiger partial charge in [-0.3, -0.25) is 9.59 Å². The average Bonchev–Trinajstić information content (AvgIpc) is 2.65. The van der Waals surface area contributed by atoms with E-state index in [0.29, 0.717) is 30.5 Å². The molecule has 0 aromatic heterocycles. The number of rotatable bonds is 8. The summed E-state index contributed by atoms with van der Waals surface area (Å²) in [6, 6.07) is 5.67. The monoisotopic (exact) mass is 383 g/mol. The highest BCUT2D eigenvalue weighted by molar-refractivity contribution is 5.95. The summed E-state index contributed by atoms with van der Waals surface area (Å²) < 4.78 is 0. The van der Waals surface area contributed by atoms with Crippen molar-refractivity contribution in [1.29, 1.82) is 0 Å². The molecule has 28 heavy (non-hydrogen) atoms. The Balaban J connectivity index is 2.08. The zero-order valence-electron chi connectivity index (χ0n) is 17.4. The maximum Gasteiger partial charge on any atom is 0.253 e. The molecule has 1 N–H and O–H groups in total. The van der Waals surface area contributed by atoms with E-state index < -0.39 is 0 Å². The van der Waals surface area contributed by atoms with Gasteiger partial charge in [-0.15, -0.1) is 13.2 Å². The largest absolute Gasteiger partial charge is 0.376 e. The lowest BCUT2D eigenvalue weighted by molar-refractivity contribution is -0.128.